The number of carbonyl (C=O) groups excluding carboxylic acids is 2. The molecule has 0 saturated heterocycles. The van der Waals surface area contributed by atoms with E-state index >= 15 is 0 Å². The second-order valence-electron chi connectivity index (χ2n) is 4.41. The lowest BCUT2D eigenvalue weighted by Gasteiger charge is -2.08. The summed E-state index contributed by atoms with van der Waals surface area (Å²) in [5.41, 5.74) is 1.24. The van der Waals surface area contributed by atoms with E-state index in [1.165, 1.54) is 0 Å². The summed E-state index contributed by atoms with van der Waals surface area (Å²) in [6.07, 6.45) is 0. The van der Waals surface area contributed by atoms with Crippen LogP contribution in [0.4, 0.5) is 11.4 Å². The summed E-state index contributed by atoms with van der Waals surface area (Å²) in [7, 11) is 0. The minimum atomic E-state index is -0.460. The molecule has 0 aliphatic heterocycles. The first-order valence-electron chi connectivity index (χ1n) is 6.02. The van der Waals surface area contributed by atoms with Crippen LogP contribution < -0.4 is 10.6 Å². The van der Waals surface area contributed by atoms with Gasteiger partial charge in [0.15, 0.2) is 0 Å². The molecule has 20 heavy (non-hydrogen) atoms. The highest BCUT2D eigenvalue weighted by Gasteiger charge is 2.11. The Morgan fingerprint density at radius 2 is 1.70 bits per heavy atom. The maximum atomic E-state index is 11.7. The Balaban J connectivity index is 1.98. The molecule has 0 aliphatic rings. The van der Waals surface area contributed by atoms with E-state index in [0.29, 0.717) is 11.4 Å². The summed E-state index contributed by atoms with van der Waals surface area (Å²) in [5, 5.41) is 18.0. The lowest BCUT2D eigenvalue weighted by molar-refractivity contribution is -0.118. The maximum absolute atomic E-state index is 11.7. The van der Waals surface area contributed by atoms with Crippen LogP contribution in [0.1, 0.15) is 24.5 Å². The zero-order valence-electron chi connectivity index (χ0n) is 11.0. The van der Waals surface area contributed by atoms with Crippen LogP contribution in [-0.2, 0) is 4.79 Å². The molecule has 0 radical (unpaired) electrons. The lowest BCUT2D eigenvalue weighted by Crippen LogP contribution is -2.17. The fourth-order valence-corrected chi connectivity index (χ4v) is 1.37. The molecule has 1 aromatic heterocycles. The highest BCUT2D eigenvalue weighted by molar-refractivity contribution is 6.01. The van der Waals surface area contributed by atoms with Crippen LogP contribution in [-0.4, -0.2) is 32.4 Å². The minimum Gasteiger partial charge on any atom is -0.326 e. The van der Waals surface area contributed by atoms with Gasteiger partial charge in [0, 0.05) is 17.3 Å². The number of rotatable bonds is 4. The zero-order valence-corrected chi connectivity index (χ0v) is 11.0. The van der Waals surface area contributed by atoms with Crippen LogP contribution in [0.15, 0.2) is 24.3 Å². The third-order valence-corrected chi connectivity index (χ3v) is 2.48. The Kier molecular flexibility index (Phi) is 4.04. The summed E-state index contributed by atoms with van der Waals surface area (Å²) in [6, 6.07) is 6.75. The molecule has 2 aromatic rings. The van der Waals surface area contributed by atoms with E-state index in [-0.39, 0.29) is 17.6 Å². The van der Waals surface area contributed by atoms with Gasteiger partial charge in [-0.2, -0.15) is 5.21 Å². The summed E-state index contributed by atoms with van der Waals surface area (Å²) < 4.78 is 0. The summed E-state index contributed by atoms with van der Waals surface area (Å²) in [4.78, 5) is 23.2. The minimum absolute atomic E-state index is 0.0396. The first kappa shape index (κ1) is 13.7. The van der Waals surface area contributed by atoms with Crippen LogP contribution in [0.5, 0.6) is 0 Å². The molecule has 2 amide bonds. The van der Waals surface area contributed by atoms with Crippen molar-refractivity contribution in [2.75, 3.05) is 10.6 Å². The van der Waals surface area contributed by atoms with Crippen molar-refractivity contribution in [2.45, 2.75) is 13.8 Å². The smallest absolute Gasteiger partial charge is 0.297 e. The number of nitrogens with one attached hydrogen (secondary N) is 3. The average Bonchev–Trinajstić information content (AvgIpc) is 2.95. The fraction of sp³-hybridized carbons (Fsp3) is 0.250. The lowest BCUT2D eigenvalue weighted by atomic mass is 10.2. The van der Waals surface area contributed by atoms with Crippen molar-refractivity contribution < 1.29 is 9.59 Å². The number of carbonyl (C=O) groups is 2. The molecule has 8 heteroatoms. The van der Waals surface area contributed by atoms with Gasteiger partial charge < -0.3 is 10.6 Å². The largest absolute Gasteiger partial charge is 0.326 e. The Labute approximate surface area is 115 Å². The van der Waals surface area contributed by atoms with E-state index in [0.717, 1.165) is 0 Å². The predicted octanol–water partition coefficient (Wildman–Crippen LogP) is 1.05. The topological polar surface area (TPSA) is 113 Å². The molecule has 0 aliphatic carbocycles. The van der Waals surface area contributed by atoms with E-state index in [2.05, 4.69) is 31.3 Å². The molecule has 0 fully saturated rings. The standard InChI is InChI=1S/C12H14N6O2/c1-7(2)11(19)13-8-3-5-9(6-4-8)14-12(20)10-15-17-18-16-10/h3-7H,1-2H3,(H,13,19)(H,14,20)(H,15,16,17,18). The van der Waals surface area contributed by atoms with E-state index < -0.39 is 5.91 Å². The molecule has 1 aromatic carbocycles. The number of hydrogen-bond acceptors (Lipinski definition) is 5. The molecule has 0 spiro atoms. The third kappa shape index (κ3) is 3.37. The van der Waals surface area contributed by atoms with Gasteiger partial charge in [-0.3, -0.25) is 9.59 Å². The van der Waals surface area contributed by atoms with Crippen LogP contribution in [0.3, 0.4) is 0 Å². The molecule has 3 N–H and O–H groups in total. The fourth-order valence-electron chi connectivity index (χ4n) is 1.37. The van der Waals surface area contributed by atoms with Crippen molar-refractivity contribution in [1.29, 1.82) is 0 Å². The summed E-state index contributed by atoms with van der Waals surface area (Å²) in [5.74, 6) is -0.652. The second-order valence-corrected chi connectivity index (χ2v) is 4.41. The molecule has 0 unspecified atom stereocenters. The van der Waals surface area contributed by atoms with Gasteiger partial charge in [-0.1, -0.05) is 13.8 Å². The van der Waals surface area contributed by atoms with Gasteiger partial charge in [0.05, 0.1) is 0 Å². The Hall–Kier alpha value is -2.77. The SMILES string of the molecule is CC(C)C(=O)Nc1ccc(NC(=O)c2nn[nH]n2)cc1. The number of aromatic nitrogens is 4. The quantitative estimate of drug-likeness (QED) is 0.771. The van der Waals surface area contributed by atoms with Crippen molar-refractivity contribution in [2.24, 2.45) is 5.92 Å². The zero-order chi connectivity index (χ0) is 14.5. The number of H-pyrrole nitrogens is 1. The van der Waals surface area contributed by atoms with Gasteiger partial charge in [-0.25, -0.2) is 0 Å². The van der Waals surface area contributed by atoms with Gasteiger partial charge in [-0.05, 0) is 29.5 Å². The number of hydrogen-bond donors (Lipinski definition) is 3. The molecule has 0 bridgehead atoms. The monoisotopic (exact) mass is 274 g/mol. The van der Waals surface area contributed by atoms with Crippen LogP contribution in [0, 0.1) is 5.92 Å². The van der Waals surface area contributed by atoms with Crippen molar-refractivity contribution in [3.05, 3.63) is 30.1 Å². The van der Waals surface area contributed by atoms with Crippen molar-refractivity contribution in [1.82, 2.24) is 20.6 Å². The highest BCUT2D eigenvalue weighted by atomic mass is 16.2. The molecule has 0 saturated carbocycles. The number of tetrazole rings is 1. The van der Waals surface area contributed by atoms with Gasteiger partial charge in [-0.15, -0.1) is 10.2 Å². The third-order valence-electron chi connectivity index (χ3n) is 2.48. The second kappa shape index (κ2) is 5.91. The van der Waals surface area contributed by atoms with Crippen LogP contribution in [0.25, 0.3) is 0 Å². The van der Waals surface area contributed by atoms with Gasteiger partial charge in [0.2, 0.25) is 5.91 Å². The van der Waals surface area contributed by atoms with E-state index in [1.54, 1.807) is 24.3 Å². The van der Waals surface area contributed by atoms with Gasteiger partial charge >= 0.3 is 0 Å². The Bertz CT molecular complexity index is 591. The maximum Gasteiger partial charge on any atom is 0.297 e. The van der Waals surface area contributed by atoms with Crippen molar-refractivity contribution >= 4 is 23.2 Å². The number of anilines is 2. The summed E-state index contributed by atoms with van der Waals surface area (Å²) in [6.45, 7) is 3.63. The molecule has 0 atom stereocenters. The molecule has 1 heterocycles. The van der Waals surface area contributed by atoms with Crippen molar-refractivity contribution in [3.8, 4) is 0 Å². The number of amides is 2. The van der Waals surface area contributed by atoms with Crippen molar-refractivity contribution in [3.63, 3.8) is 0 Å². The molecular formula is C12H14N6O2. The number of nitrogens with zero attached hydrogens (tertiary/aromatic N) is 3. The Morgan fingerprint density at radius 1 is 1.10 bits per heavy atom. The Morgan fingerprint density at radius 3 is 2.20 bits per heavy atom. The first-order valence-corrected chi connectivity index (χ1v) is 6.02. The van der Waals surface area contributed by atoms with Gasteiger partial charge in [0.25, 0.3) is 11.7 Å². The van der Waals surface area contributed by atoms with E-state index in [9.17, 15) is 9.59 Å². The van der Waals surface area contributed by atoms with Crippen LogP contribution in [0.2, 0.25) is 0 Å². The molecule has 104 valence electrons. The molecule has 8 nitrogen and oxygen atoms in total. The average molecular weight is 274 g/mol. The van der Waals surface area contributed by atoms with Crippen LogP contribution >= 0.6 is 0 Å². The molecule has 2 rings (SSSR count). The number of benzene rings is 1. The number of aromatic amines is 1. The van der Waals surface area contributed by atoms with Gasteiger partial charge in [0.1, 0.15) is 0 Å². The predicted molar refractivity (Wildman–Crippen MR) is 72.0 cm³/mol. The molecular weight excluding hydrogens is 260 g/mol. The normalized spacial score (nSPS) is 10.3. The summed E-state index contributed by atoms with van der Waals surface area (Å²) >= 11 is 0. The highest BCUT2D eigenvalue weighted by Crippen LogP contribution is 2.14. The van der Waals surface area contributed by atoms with E-state index in [4.69, 9.17) is 0 Å². The first-order chi connectivity index (χ1) is 9.56. The van der Waals surface area contributed by atoms with E-state index in [1.807, 2.05) is 13.8 Å².